The van der Waals surface area contributed by atoms with Crippen LogP contribution in [0.3, 0.4) is 0 Å². The van der Waals surface area contributed by atoms with Gasteiger partial charge in [0.25, 0.3) is 0 Å². The normalized spacial score (nSPS) is 27.4. The van der Waals surface area contributed by atoms with Crippen molar-refractivity contribution in [1.82, 2.24) is 4.90 Å². The van der Waals surface area contributed by atoms with Gasteiger partial charge < -0.3 is 9.64 Å². The second kappa shape index (κ2) is 5.31. The van der Waals surface area contributed by atoms with Crippen molar-refractivity contribution in [2.24, 2.45) is 11.8 Å². The van der Waals surface area contributed by atoms with E-state index in [0.717, 1.165) is 32.2 Å². The quantitative estimate of drug-likeness (QED) is 0.669. The van der Waals surface area contributed by atoms with Gasteiger partial charge in [-0.2, -0.15) is 5.26 Å². The summed E-state index contributed by atoms with van der Waals surface area (Å²) in [6.07, 6.45) is 3.58. The second-order valence-electron chi connectivity index (χ2n) is 4.64. The molecule has 0 spiro atoms. The summed E-state index contributed by atoms with van der Waals surface area (Å²) in [6.45, 7) is 2.86. The molecule has 2 heterocycles. The number of hydrogen-bond donors (Lipinski definition) is 0. The number of rotatable bonds is 1. The minimum Gasteiger partial charge on any atom is -0.381 e. The Morgan fingerprint density at radius 1 is 1.31 bits per heavy atom. The maximum atomic E-state index is 12.2. The largest absolute Gasteiger partial charge is 0.381 e. The lowest BCUT2D eigenvalue weighted by Gasteiger charge is -2.33. The molecule has 1 atom stereocenters. The summed E-state index contributed by atoms with van der Waals surface area (Å²) < 4.78 is 5.26. The first kappa shape index (κ1) is 11.4. The van der Waals surface area contributed by atoms with E-state index in [1.807, 2.05) is 4.90 Å². The second-order valence-corrected chi connectivity index (χ2v) is 4.64. The molecular weight excluding hydrogens is 204 g/mol. The average Bonchev–Trinajstić information content (AvgIpc) is 2.39. The van der Waals surface area contributed by atoms with Crippen LogP contribution in [0.25, 0.3) is 0 Å². The third-order valence-electron chi connectivity index (χ3n) is 3.49. The van der Waals surface area contributed by atoms with Crippen LogP contribution in [-0.4, -0.2) is 37.1 Å². The van der Waals surface area contributed by atoms with E-state index in [9.17, 15) is 4.79 Å². The van der Waals surface area contributed by atoms with Gasteiger partial charge in [0, 0.05) is 32.2 Å². The number of piperidine rings is 1. The monoisotopic (exact) mass is 222 g/mol. The van der Waals surface area contributed by atoms with Gasteiger partial charge in [-0.1, -0.05) is 0 Å². The van der Waals surface area contributed by atoms with Gasteiger partial charge in [0.2, 0.25) is 5.91 Å². The summed E-state index contributed by atoms with van der Waals surface area (Å²) in [5.41, 5.74) is 0. The molecule has 2 rings (SSSR count). The lowest BCUT2D eigenvalue weighted by Crippen LogP contribution is -2.44. The lowest BCUT2D eigenvalue weighted by atomic mass is 9.94. The first-order chi connectivity index (χ1) is 7.81. The summed E-state index contributed by atoms with van der Waals surface area (Å²) in [6, 6.07) is 2.27. The van der Waals surface area contributed by atoms with E-state index >= 15 is 0 Å². The molecule has 1 amide bonds. The van der Waals surface area contributed by atoms with Crippen molar-refractivity contribution >= 4 is 5.91 Å². The fraction of sp³-hybridized carbons (Fsp3) is 0.833. The number of ether oxygens (including phenoxy) is 1. The highest BCUT2D eigenvalue weighted by molar-refractivity contribution is 5.79. The molecule has 1 unspecified atom stereocenters. The van der Waals surface area contributed by atoms with Crippen LogP contribution >= 0.6 is 0 Å². The maximum Gasteiger partial charge on any atom is 0.225 e. The van der Waals surface area contributed by atoms with Gasteiger partial charge in [0.1, 0.15) is 0 Å². The smallest absolute Gasteiger partial charge is 0.225 e. The number of hydrogen-bond acceptors (Lipinski definition) is 3. The summed E-state index contributed by atoms with van der Waals surface area (Å²) in [4.78, 5) is 14.1. The first-order valence-electron chi connectivity index (χ1n) is 6.07. The minimum atomic E-state index is 0.0394. The van der Waals surface area contributed by atoms with E-state index < -0.39 is 0 Å². The molecule has 4 nitrogen and oxygen atoms in total. The predicted molar refractivity (Wildman–Crippen MR) is 58.5 cm³/mol. The van der Waals surface area contributed by atoms with E-state index in [0.29, 0.717) is 19.8 Å². The van der Waals surface area contributed by atoms with E-state index in [2.05, 4.69) is 6.07 Å². The molecule has 0 aromatic carbocycles. The molecule has 0 aromatic heterocycles. The molecule has 0 radical (unpaired) electrons. The summed E-state index contributed by atoms with van der Waals surface area (Å²) in [7, 11) is 0. The molecule has 4 heteroatoms. The van der Waals surface area contributed by atoms with Crippen molar-refractivity contribution in [3.8, 4) is 6.07 Å². The zero-order chi connectivity index (χ0) is 11.4. The van der Waals surface area contributed by atoms with E-state index in [-0.39, 0.29) is 17.7 Å². The van der Waals surface area contributed by atoms with Gasteiger partial charge in [-0.3, -0.25) is 4.79 Å². The Labute approximate surface area is 96.2 Å². The molecule has 2 saturated heterocycles. The highest BCUT2D eigenvalue weighted by atomic mass is 16.5. The number of likely N-dealkylation sites (tertiary alicyclic amines) is 1. The van der Waals surface area contributed by atoms with Crippen LogP contribution in [0.5, 0.6) is 0 Å². The number of nitriles is 1. The molecule has 0 aliphatic carbocycles. The summed E-state index contributed by atoms with van der Waals surface area (Å²) in [5, 5.41) is 8.89. The Morgan fingerprint density at radius 3 is 2.75 bits per heavy atom. The standard InChI is InChI=1S/C12H18N2O2/c13-8-10-2-1-5-14(9-10)12(15)11-3-6-16-7-4-11/h10-11H,1-7,9H2. The van der Waals surface area contributed by atoms with E-state index in [1.165, 1.54) is 0 Å². The Balaban J connectivity index is 1.90. The topological polar surface area (TPSA) is 53.3 Å². The van der Waals surface area contributed by atoms with Gasteiger partial charge in [0.05, 0.1) is 12.0 Å². The van der Waals surface area contributed by atoms with Crippen LogP contribution in [0.1, 0.15) is 25.7 Å². The van der Waals surface area contributed by atoms with Crippen molar-refractivity contribution in [3.63, 3.8) is 0 Å². The fourth-order valence-corrected chi connectivity index (χ4v) is 2.49. The van der Waals surface area contributed by atoms with Gasteiger partial charge in [0.15, 0.2) is 0 Å². The Hall–Kier alpha value is -1.08. The Morgan fingerprint density at radius 2 is 2.06 bits per heavy atom. The van der Waals surface area contributed by atoms with Gasteiger partial charge >= 0.3 is 0 Å². The molecular formula is C12H18N2O2. The third-order valence-corrected chi connectivity index (χ3v) is 3.49. The number of amides is 1. The lowest BCUT2D eigenvalue weighted by molar-refractivity contribution is -0.140. The van der Waals surface area contributed by atoms with E-state index in [1.54, 1.807) is 0 Å². The third kappa shape index (κ3) is 2.53. The number of carbonyl (C=O) groups excluding carboxylic acids is 1. The van der Waals surface area contributed by atoms with Crippen LogP contribution in [0.2, 0.25) is 0 Å². The van der Waals surface area contributed by atoms with Crippen LogP contribution < -0.4 is 0 Å². The molecule has 0 N–H and O–H groups in total. The van der Waals surface area contributed by atoms with Gasteiger partial charge in [-0.05, 0) is 25.7 Å². The van der Waals surface area contributed by atoms with Gasteiger partial charge in [-0.15, -0.1) is 0 Å². The average molecular weight is 222 g/mol. The molecule has 2 aliphatic rings. The summed E-state index contributed by atoms with van der Waals surface area (Å²) >= 11 is 0. The highest BCUT2D eigenvalue weighted by Crippen LogP contribution is 2.22. The summed E-state index contributed by atoms with van der Waals surface area (Å²) in [5.74, 6) is 0.409. The minimum absolute atomic E-state index is 0.0394. The van der Waals surface area contributed by atoms with Crippen molar-refractivity contribution < 1.29 is 9.53 Å². The first-order valence-corrected chi connectivity index (χ1v) is 6.07. The van der Waals surface area contributed by atoms with Crippen molar-refractivity contribution in [2.75, 3.05) is 26.3 Å². The van der Waals surface area contributed by atoms with Crippen molar-refractivity contribution in [2.45, 2.75) is 25.7 Å². The van der Waals surface area contributed by atoms with Crippen molar-refractivity contribution in [1.29, 1.82) is 5.26 Å². The van der Waals surface area contributed by atoms with Crippen LogP contribution in [0.4, 0.5) is 0 Å². The zero-order valence-corrected chi connectivity index (χ0v) is 9.52. The highest BCUT2D eigenvalue weighted by Gasteiger charge is 2.29. The molecule has 0 saturated carbocycles. The fourth-order valence-electron chi connectivity index (χ4n) is 2.49. The molecule has 88 valence electrons. The Kier molecular flexibility index (Phi) is 3.79. The molecule has 0 bridgehead atoms. The zero-order valence-electron chi connectivity index (χ0n) is 9.52. The number of carbonyl (C=O) groups is 1. The molecule has 16 heavy (non-hydrogen) atoms. The van der Waals surface area contributed by atoms with Crippen LogP contribution in [0.15, 0.2) is 0 Å². The molecule has 0 aromatic rings. The SMILES string of the molecule is N#CC1CCCN(C(=O)C2CCOCC2)C1. The molecule has 2 fully saturated rings. The number of nitrogens with zero attached hydrogens (tertiary/aromatic N) is 2. The maximum absolute atomic E-state index is 12.2. The van der Waals surface area contributed by atoms with Crippen molar-refractivity contribution in [3.05, 3.63) is 0 Å². The van der Waals surface area contributed by atoms with Crippen LogP contribution in [0, 0.1) is 23.2 Å². The Bertz CT molecular complexity index is 292. The predicted octanol–water partition coefficient (Wildman–Crippen LogP) is 1.18. The van der Waals surface area contributed by atoms with Crippen LogP contribution in [-0.2, 0) is 9.53 Å². The van der Waals surface area contributed by atoms with Gasteiger partial charge in [-0.25, -0.2) is 0 Å². The molecule has 2 aliphatic heterocycles. The van der Waals surface area contributed by atoms with E-state index in [4.69, 9.17) is 10.00 Å².